The highest BCUT2D eigenvalue weighted by atomic mass is 16.4. The molecule has 1 N–H and O–H groups in total. The molecule has 0 unspecified atom stereocenters. The van der Waals surface area contributed by atoms with E-state index in [1.165, 1.54) is 30.3 Å². The van der Waals surface area contributed by atoms with Crippen LogP contribution in [0.4, 0.5) is 5.69 Å². The van der Waals surface area contributed by atoms with Crippen LogP contribution in [0.15, 0.2) is 72.3 Å². The van der Waals surface area contributed by atoms with Crippen molar-refractivity contribution in [1.29, 1.82) is 5.26 Å². The van der Waals surface area contributed by atoms with E-state index in [1.54, 1.807) is 6.07 Å². The molecular weight excluding hydrogens is 328 g/mol. The second-order valence-electron chi connectivity index (χ2n) is 5.60. The zero-order chi connectivity index (χ0) is 18.5. The minimum absolute atomic E-state index is 0.0290. The third-order valence-electron chi connectivity index (χ3n) is 3.83. The van der Waals surface area contributed by atoms with Gasteiger partial charge in [0.05, 0.1) is 5.97 Å². The Kier molecular flexibility index (Phi) is 4.77. The predicted octanol–water partition coefficient (Wildman–Crippen LogP) is 2.75. The second-order valence-corrected chi connectivity index (χ2v) is 5.60. The van der Waals surface area contributed by atoms with Crippen LogP contribution in [0.1, 0.15) is 15.9 Å². The van der Waals surface area contributed by atoms with Crippen molar-refractivity contribution < 1.29 is 14.7 Å². The summed E-state index contributed by atoms with van der Waals surface area (Å²) in [6.45, 7) is 0. The van der Waals surface area contributed by atoms with Gasteiger partial charge >= 0.3 is 0 Å². The van der Waals surface area contributed by atoms with Crippen molar-refractivity contribution in [3.05, 3.63) is 83.4 Å². The van der Waals surface area contributed by atoms with Gasteiger partial charge in [0.15, 0.2) is 0 Å². The largest absolute Gasteiger partial charge is 0.545 e. The van der Waals surface area contributed by atoms with Crippen LogP contribution in [-0.2, 0) is 4.79 Å². The Balaban J connectivity index is 1.81. The van der Waals surface area contributed by atoms with Crippen LogP contribution in [-0.4, -0.2) is 11.9 Å². The molecule has 5 heteroatoms. The normalized spacial score (nSPS) is 11.0. The maximum absolute atomic E-state index is 12.4. The monoisotopic (exact) mass is 341 g/mol. The van der Waals surface area contributed by atoms with Crippen molar-refractivity contribution in [2.24, 2.45) is 0 Å². The van der Waals surface area contributed by atoms with E-state index in [9.17, 15) is 20.0 Å². The number of carbonyl (C=O) groups excluding carboxylic acids is 2. The molecule has 126 valence electrons. The number of benzene rings is 3. The molecule has 0 fully saturated rings. The maximum Gasteiger partial charge on any atom is 0.266 e. The molecule has 0 aliphatic carbocycles. The van der Waals surface area contributed by atoms with E-state index in [2.05, 4.69) is 5.32 Å². The summed E-state index contributed by atoms with van der Waals surface area (Å²) in [7, 11) is 0. The highest BCUT2D eigenvalue weighted by molar-refractivity contribution is 6.10. The number of rotatable bonds is 4. The van der Waals surface area contributed by atoms with Gasteiger partial charge in [-0.15, -0.1) is 0 Å². The number of anilines is 1. The highest BCUT2D eigenvalue weighted by Crippen LogP contribution is 2.19. The molecular formula is C21H13N2O3-. The molecule has 0 heterocycles. The number of carboxylic acid groups (broad SMARTS) is 1. The molecule has 0 aliphatic rings. The van der Waals surface area contributed by atoms with Gasteiger partial charge in [-0.2, -0.15) is 5.26 Å². The van der Waals surface area contributed by atoms with E-state index in [1.807, 2.05) is 42.5 Å². The van der Waals surface area contributed by atoms with Gasteiger partial charge in [-0.05, 0) is 40.1 Å². The Morgan fingerprint density at radius 3 is 2.31 bits per heavy atom. The Labute approximate surface area is 149 Å². The van der Waals surface area contributed by atoms with Gasteiger partial charge < -0.3 is 15.2 Å². The summed E-state index contributed by atoms with van der Waals surface area (Å²) in [4.78, 5) is 23.1. The summed E-state index contributed by atoms with van der Waals surface area (Å²) >= 11 is 0. The fraction of sp³-hybridized carbons (Fsp3) is 0. The standard InChI is InChI=1S/C21H14N2O3/c22-13-18(11-14-5-7-16(8-6-14)21(25)26)20(24)23-19-10-9-15-3-1-2-4-17(15)12-19/h1-12H,(H,23,24)(H,25,26)/p-1/b18-11+. The molecule has 0 saturated carbocycles. The first kappa shape index (κ1) is 16.9. The lowest BCUT2D eigenvalue weighted by Crippen LogP contribution is -2.21. The van der Waals surface area contributed by atoms with Gasteiger partial charge in [0.25, 0.3) is 5.91 Å². The van der Waals surface area contributed by atoms with Crippen molar-refractivity contribution in [2.75, 3.05) is 5.32 Å². The van der Waals surface area contributed by atoms with Crippen LogP contribution in [0.3, 0.4) is 0 Å². The second kappa shape index (κ2) is 7.32. The van der Waals surface area contributed by atoms with Gasteiger partial charge in [0.2, 0.25) is 0 Å². The number of nitriles is 1. The molecule has 0 saturated heterocycles. The number of amides is 1. The molecule has 3 aromatic carbocycles. The fourth-order valence-corrected chi connectivity index (χ4v) is 2.50. The van der Waals surface area contributed by atoms with Gasteiger partial charge in [-0.3, -0.25) is 4.79 Å². The quantitative estimate of drug-likeness (QED) is 0.583. The Bertz CT molecular complexity index is 1060. The van der Waals surface area contributed by atoms with Gasteiger partial charge in [0.1, 0.15) is 11.6 Å². The molecule has 0 aliphatic heterocycles. The van der Waals surface area contributed by atoms with E-state index in [-0.39, 0.29) is 11.1 Å². The molecule has 0 radical (unpaired) electrons. The van der Waals surface area contributed by atoms with E-state index >= 15 is 0 Å². The van der Waals surface area contributed by atoms with Crippen molar-refractivity contribution in [3.63, 3.8) is 0 Å². The minimum Gasteiger partial charge on any atom is -0.545 e. The summed E-state index contributed by atoms with van der Waals surface area (Å²) in [5.74, 6) is -1.82. The number of hydrogen-bond donors (Lipinski definition) is 1. The summed E-state index contributed by atoms with van der Waals surface area (Å²) < 4.78 is 0. The first-order chi connectivity index (χ1) is 12.6. The summed E-state index contributed by atoms with van der Waals surface area (Å²) in [6.07, 6.45) is 1.40. The molecule has 5 nitrogen and oxygen atoms in total. The van der Waals surface area contributed by atoms with Gasteiger partial charge in [-0.25, -0.2) is 0 Å². The number of hydrogen-bond acceptors (Lipinski definition) is 4. The highest BCUT2D eigenvalue weighted by Gasteiger charge is 2.10. The molecule has 26 heavy (non-hydrogen) atoms. The van der Waals surface area contributed by atoms with Gasteiger partial charge in [-0.1, -0.05) is 54.6 Å². The summed E-state index contributed by atoms with van der Waals surface area (Å²) in [5, 5.41) is 24.7. The first-order valence-corrected chi connectivity index (χ1v) is 7.80. The fourth-order valence-electron chi connectivity index (χ4n) is 2.50. The molecule has 0 bridgehead atoms. The van der Waals surface area contributed by atoms with Crippen molar-refractivity contribution in [3.8, 4) is 6.07 Å². The van der Waals surface area contributed by atoms with Gasteiger partial charge in [0, 0.05) is 5.69 Å². The number of nitrogens with zero attached hydrogens (tertiary/aromatic N) is 1. The lowest BCUT2D eigenvalue weighted by molar-refractivity contribution is -0.255. The SMILES string of the molecule is N#C/C(=C\c1ccc(C(=O)[O-])cc1)C(=O)Nc1ccc2ccccc2c1. The Morgan fingerprint density at radius 1 is 0.962 bits per heavy atom. The van der Waals surface area contributed by atoms with E-state index in [4.69, 9.17) is 0 Å². The van der Waals surface area contributed by atoms with Crippen LogP contribution in [0.25, 0.3) is 16.8 Å². The average Bonchev–Trinajstić information content (AvgIpc) is 2.66. The lowest BCUT2D eigenvalue weighted by Gasteiger charge is -2.06. The topological polar surface area (TPSA) is 93.0 Å². The molecule has 0 spiro atoms. The van der Waals surface area contributed by atoms with E-state index in [0.717, 1.165) is 10.8 Å². The maximum atomic E-state index is 12.4. The molecule has 0 aromatic heterocycles. The lowest BCUT2D eigenvalue weighted by atomic mass is 10.1. The Hall–Kier alpha value is -3.91. The number of carboxylic acids is 1. The summed E-state index contributed by atoms with van der Waals surface area (Å²) in [6, 6.07) is 20.8. The molecule has 3 aromatic rings. The number of nitrogens with one attached hydrogen (secondary N) is 1. The first-order valence-electron chi connectivity index (χ1n) is 7.80. The third-order valence-corrected chi connectivity index (χ3v) is 3.83. The van der Waals surface area contributed by atoms with Crippen LogP contribution >= 0.6 is 0 Å². The molecule has 1 amide bonds. The number of carbonyl (C=O) groups is 2. The van der Waals surface area contributed by atoms with Crippen LogP contribution < -0.4 is 10.4 Å². The average molecular weight is 341 g/mol. The third kappa shape index (κ3) is 3.77. The number of fused-ring (bicyclic) bond motifs is 1. The zero-order valence-electron chi connectivity index (χ0n) is 13.6. The van der Waals surface area contributed by atoms with Crippen LogP contribution in [0, 0.1) is 11.3 Å². The van der Waals surface area contributed by atoms with Crippen LogP contribution in [0.2, 0.25) is 0 Å². The van der Waals surface area contributed by atoms with E-state index < -0.39 is 11.9 Å². The minimum atomic E-state index is -1.28. The van der Waals surface area contributed by atoms with Crippen LogP contribution in [0.5, 0.6) is 0 Å². The summed E-state index contributed by atoms with van der Waals surface area (Å²) in [5.41, 5.74) is 1.07. The zero-order valence-corrected chi connectivity index (χ0v) is 13.6. The predicted molar refractivity (Wildman–Crippen MR) is 96.9 cm³/mol. The Morgan fingerprint density at radius 2 is 1.65 bits per heavy atom. The number of aromatic carboxylic acids is 1. The smallest absolute Gasteiger partial charge is 0.266 e. The van der Waals surface area contributed by atoms with Crippen molar-refractivity contribution in [2.45, 2.75) is 0 Å². The van der Waals surface area contributed by atoms with Crippen molar-refractivity contribution >= 4 is 34.4 Å². The van der Waals surface area contributed by atoms with E-state index in [0.29, 0.717) is 11.3 Å². The van der Waals surface area contributed by atoms with Crippen molar-refractivity contribution in [1.82, 2.24) is 0 Å². The molecule has 0 atom stereocenters. The molecule has 3 rings (SSSR count).